The maximum absolute atomic E-state index is 11.6. The van der Waals surface area contributed by atoms with Crippen molar-refractivity contribution >= 4 is 19.7 Å². The van der Waals surface area contributed by atoms with Gasteiger partial charge in [0.05, 0.1) is 0 Å². The predicted molar refractivity (Wildman–Crippen MR) is 83.6 cm³/mol. The fourth-order valence-corrected chi connectivity index (χ4v) is 3.34. The maximum Gasteiger partial charge on any atom is 0.264 e. The van der Waals surface area contributed by atoms with Crippen LogP contribution in [0.2, 0.25) is 0 Å². The minimum absolute atomic E-state index is 0.0440. The van der Waals surface area contributed by atoms with Gasteiger partial charge < -0.3 is 9.64 Å². The summed E-state index contributed by atoms with van der Waals surface area (Å²) in [5.41, 5.74) is 0.834. The average Bonchev–Trinajstić information content (AvgIpc) is 2.41. The third-order valence-electron chi connectivity index (χ3n) is 3.62. The number of nitrogens with zero attached hydrogens (tertiary/aromatic N) is 2. The van der Waals surface area contributed by atoms with Gasteiger partial charge in [0.2, 0.25) is 0 Å². The Balaban J connectivity index is 1.94. The van der Waals surface area contributed by atoms with Crippen molar-refractivity contribution in [2.75, 3.05) is 46.4 Å². The Bertz CT molecular complexity index is 584. The number of ether oxygens (including phenoxy) is 1. The number of benzene rings is 1. The van der Waals surface area contributed by atoms with E-state index in [1.807, 2.05) is 13.0 Å². The largest absolute Gasteiger partial charge is 0.491 e. The molecule has 0 aromatic heterocycles. The van der Waals surface area contributed by atoms with Crippen LogP contribution < -0.4 is 4.74 Å². The van der Waals surface area contributed by atoms with Gasteiger partial charge in [-0.05, 0) is 31.7 Å². The van der Waals surface area contributed by atoms with E-state index in [-0.39, 0.29) is 4.90 Å². The summed E-state index contributed by atoms with van der Waals surface area (Å²) in [6, 6.07) is 5.01. The summed E-state index contributed by atoms with van der Waals surface area (Å²) >= 11 is 0. The topological polar surface area (TPSA) is 49.9 Å². The first-order chi connectivity index (χ1) is 9.86. The molecule has 118 valence electrons. The molecule has 0 N–H and O–H groups in total. The van der Waals surface area contributed by atoms with Crippen molar-refractivity contribution in [3.8, 4) is 5.75 Å². The number of hydrogen-bond acceptors (Lipinski definition) is 5. The van der Waals surface area contributed by atoms with Gasteiger partial charge in [0, 0.05) is 43.4 Å². The standard InChI is InChI=1S/C14H21ClN2O3S/c1-12-3-4-13(14(11-12)21(15,18)19)20-10-9-17-7-5-16(2)6-8-17/h3-4,11H,5-10H2,1-2H3. The molecule has 2 rings (SSSR count). The Hall–Kier alpha value is -0.820. The number of halogens is 1. The Kier molecular flexibility index (Phi) is 5.48. The van der Waals surface area contributed by atoms with Crippen LogP contribution in [0.4, 0.5) is 0 Å². The van der Waals surface area contributed by atoms with Crippen molar-refractivity contribution in [2.45, 2.75) is 11.8 Å². The Morgan fingerprint density at radius 1 is 1.24 bits per heavy atom. The molecule has 21 heavy (non-hydrogen) atoms. The second kappa shape index (κ2) is 6.96. The van der Waals surface area contributed by atoms with Crippen LogP contribution in [-0.4, -0.2) is 64.6 Å². The fraction of sp³-hybridized carbons (Fsp3) is 0.571. The third kappa shape index (κ3) is 4.85. The molecule has 1 aromatic carbocycles. The second-order valence-electron chi connectivity index (χ2n) is 5.38. The summed E-state index contributed by atoms with van der Waals surface area (Å²) in [4.78, 5) is 4.64. The highest BCUT2D eigenvalue weighted by molar-refractivity contribution is 8.13. The van der Waals surface area contributed by atoms with Crippen molar-refractivity contribution in [3.63, 3.8) is 0 Å². The van der Waals surface area contributed by atoms with Crippen molar-refractivity contribution in [1.82, 2.24) is 9.80 Å². The van der Waals surface area contributed by atoms with E-state index in [0.29, 0.717) is 12.4 Å². The van der Waals surface area contributed by atoms with E-state index in [1.165, 1.54) is 6.07 Å². The monoisotopic (exact) mass is 332 g/mol. The summed E-state index contributed by atoms with van der Waals surface area (Å²) in [6.07, 6.45) is 0. The molecule has 1 aromatic rings. The van der Waals surface area contributed by atoms with E-state index >= 15 is 0 Å². The van der Waals surface area contributed by atoms with Crippen LogP contribution in [0, 0.1) is 6.92 Å². The van der Waals surface area contributed by atoms with Gasteiger partial charge in [0.25, 0.3) is 9.05 Å². The number of rotatable bonds is 5. The van der Waals surface area contributed by atoms with E-state index in [4.69, 9.17) is 15.4 Å². The zero-order valence-electron chi connectivity index (χ0n) is 12.4. The molecule has 0 amide bonds. The first kappa shape index (κ1) is 16.5. The molecule has 0 spiro atoms. The Morgan fingerprint density at radius 2 is 1.90 bits per heavy atom. The van der Waals surface area contributed by atoms with Gasteiger partial charge in [-0.2, -0.15) is 0 Å². The maximum atomic E-state index is 11.6. The molecule has 1 saturated heterocycles. The lowest BCUT2D eigenvalue weighted by Crippen LogP contribution is -2.45. The number of piperazine rings is 1. The smallest absolute Gasteiger partial charge is 0.264 e. The van der Waals surface area contributed by atoms with Crippen LogP contribution in [0.25, 0.3) is 0 Å². The molecule has 1 aliphatic heterocycles. The highest BCUT2D eigenvalue weighted by Gasteiger charge is 2.18. The minimum Gasteiger partial charge on any atom is -0.491 e. The summed E-state index contributed by atoms with van der Waals surface area (Å²) < 4.78 is 28.8. The highest BCUT2D eigenvalue weighted by Crippen LogP contribution is 2.27. The van der Waals surface area contributed by atoms with Crippen molar-refractivity contribution in [2.24, 2.45) is 0 Å². The lowest BCUT2D eigenvalue weighted by atomic mass is 10.2. The molecule has 0 aliphatic carbocycles. The molecule has 1 fully saturated rings. The molecule has 0 atom stereocenters. The molecule has 0 radical (unpaired) electrons. The summed E-state index contributed by atoms with van der Waals surface area (Å²) in [5, 5.41) is 0. The van der Waals surface area contributed by atoms with Crippen molar-refractivity contribution < 1.29 is 13.2 Å². The van der Waals surface area contributed by atoms with E-state index in [9.17, 15) is 8.42 Å². The van der Waals surface area contributed by atoms with Crippen LogP contribution in [-0.2, 0) is 9.05 Å². The molecule has 0 unspecified atom stereocenters. The van der Waals surface area contributed by atoms with Gasteiger partial charge in [-0.3, -0.25) is 4.90 Å². The molecule has 1 aliphatic rings. The van der Waals surface area contributed by atoms with Crippen LogP contribution in [0.5, 0.6) is 5.75 Å². The average molecular weight is 333 g/mol. The minimum atomic E-state index is -3.79. The predicted octanol–water partition coefficient (Wildman–Crippen LogP) is 1.55. The highest BCUT2D eigenvalue weighted by atomic mass is 35.7. The zero-order valence-corrected chi connectivity index (χ0v) is 14.0. The molecule has 0 saturated carbocycles. The summed E-state index contributed by atoms with van der Waals surface area (Å²) in [7, 11) is 3.77. The molecular weight excluding hydrogens is 312 g/mol. The van der Waals surface area contributed by atoms with E-state index < -0.39 is 9.05 Å². The molecule has 5 nitrogen and oxygen atoms in total. The van der Waals surface area contributed by atoms with Gasteiger partial charge in [0.15, 0.2) is 0 Å². The van der Waals surface area contributed by atoms with Crippen LogP contribution in [0.3, 0.4) is 0 Å². The first-order valence-electron chi connectivity index (χ1n) is 6.95. The van der Waals surface area contributed by atoms with E-state index in [0.717, 1.165) is 38.3 Å². The number of likely N-dealkylation sites (N-methyl/N-ethyl adjacent to an activating group) is 1. The van der Waals surface area contributed by atoms with Crippen LogP contribution >= 0.6 is 10.7 Å². The number of hydrogen-bond donors (Lipinski definition) is 0. The second-order valence-corrected chi connectivity index (χ2v) is 7.92. The molecule has 0 bridgehead atoms. The lowest BCUT2D eigenvalue weighted by molar-refractivity contribution is 0.133. The molecule has 7 heteroatoms. The normalized spacial score (nSPS) is 17.9. The van der Waals surface area contributed by atoms with Gasteiger partial charge >= 0.3 is 0 Å². The zero-order chi connectivity index (χ0) is 15.5. The van der Waals surface area contributed by atoms with E-state index in [2.05, 4.69) is 16.8 Å². The van der Waals surface area contributed by atoms with Crippen molar-refractivity contribution in [1.29, 1.82) is 0 Å². The van der Waals surface area contributed by atoms with E-state index in [1.54, 1.807) is 6.07 Å². The van der Waals surface area contributed by atoms with Crippen LogP contribution in [0.15, 0.2) is 23.1 Å². The van der Waals surface area contributed by atoms with Crippen molar-refractivity contribution in [3.05, 3.63) is 23.8 Å². The van der Waals surface area contributed by atoms with Crippen LogP contribution in [0.1, 0.15) is 5.56 Å². The quantitative estimate of drug-likeness (QED) is 0.766. The third-order valence-corrected chi connectivity index (χ3v) is 4.97. The summed E-state index contributed by atoms with van der Waals surface area (Å²) in [5.74, 6) is 0.324. The first-order valence-corrected chi connectivity index (χ1v) is 9.26. The summed E-state index contributed by atoms with van der Waals surface area (Å²) in [6.45, 7) is 7.16. The molecule has 1 heterocycles. The number of aryl methyl sites for hydroxylation is 1. The Labute approximate surface area is 130 Å². The lowest BCUT2D eigenvalue weighted by Gasteiger charge is -2.32. The van der Waals surface area contributed by atoms with Gasteiger partial charge in [-0.15, -0.1) is 0 Å². The van der Waals surface area contributed by atoms with Gasteiger partial charge in [0.1, 0.15) is 17.3 Å². The Morgan fingerprint density at radius 3 is 2.52 bits per heavy atom. The van der Waals surface area contributed by atoms with Gasteiger partial charge in [-0.25, -0.2) is 8.42 Å². The molecular formula is C14H21ClN2O3S. The van der Waals surface area contributed by atoms with Gasteiger partial charge in [-0.1, -0.05) is 6.07 Å². The SMILES string of the molecule is Cc1ccc(OCCN2CCN(C)CC2)c(S(=O)(=O)Cl)c1. The fourth-order valence-electron chi connectivity index (χ4n) is 2.28.